The van der Waals surface area contributed by atoms with E-state index in [0.29, 0.717) is 6.79 Å². The monoisotopic (exact) mass is 419 g/mol. The lowest BCUT2D eigenvalue weighted by molar-refractivity contribution is -0.917. The normalized spacial score (nSPS) is 16.0. The number of piperazine rings is 1. The Morgan fingerprint density at radius 3 is 2.45 bits per heavy atom. The molecule has 1 fully saturated rings. The molecule has 2 aromatic carbocycles. The third-order valence-electron chi connectivity index (χ3n) is 6.02. The van der Waals surface area contributed by atoms with E-state index in [1.54, 1.807) is 0 Å². The van der Waals surface area contributed by atoms with Crippen LogP contribution in [0.1, 0.15) is 27.3 Å². The molecule has 31 heavy (non-hydrogen) atoms. The van der Waals surface area contributed by atoms with Gasteiger partial charge in [0.2, 0.25) is 6.79 Å². The number of ether oxygens (including phenoxy) is 2. The van der Waals surface area contributed by atoms with E-state index in [1.165, 1.54) is 10.5 Å². The minimum atomic E-state index is 0.0991. The number of aromatic nitrogens is 2. The fraction of sp³-hybridized carbons (Fsp3) is 0.333. The van der Waals surface area contributed by atoms with E-state index in [-0.39, 0.29) is 5.91 Å². The topological polar surface area (TPSA) is 61.0 Å². The van der Waals surface area contributed by atoms with E-state index in [2.05, 4.69) is 17.2 Å². The molecule has 0 bridgehead atoms. The molecule has 5 rings (SSSR count). The fourth-order valence-electron chi connectivity index (χ4n) is 4.36. The summed E-state index contributed by atoms with van der Waals surface area (Å²) < 4.78 is 12.8. The molecule has 0 saturated carbocycles. The molecule has 3 heterocycles. The maximum Gasteiger partial charge on any atom is 0.254 e. The van der Waals surface area contributed by atoms with Gasteiger partial charge in [-0.3, -0.25) is 4.79 Å². The first kappa shape index (κ1) is 19.6. The summed E-state index contributed by atoms with van der Waals surface area (Å²) >= 11 is 0. The van der Waals surface area contributed by atoms with Crippen molar-refractivity contribution in [3.8, 4) is 17.2 Å². The highest BCUT2D eigenvalue weighted by Crippen LogP contribution is 2.32. The number of quaternary nitrogens is 1. The van der Waals surface area contributed by atoms with Gasteiger partial charge in [0.25, 0.3) is 5.91 Å². The van der Waals surface area contributed by atoms with Crippen LogP contribution < -0.4 is 14.4 Å². The highest BCUT2D eigenvalue weighted by molar-refractivity contribution is 5.94. The number of benzene rings is 2. The molecule has 0 atom stereocenters. The predicted octanol–water partition coefficient (Wildman–Crippen LogP) is 1.76. The van der Waals surface area contributed by atoms with Gasteiger partial charge in [-0.05, 0) is 62.4 Å². The van der Waals surface area contributed by atoms with Crippen LogP contribution in [0.25, 0.3) is 5.69 Å². The molecule has 0 unspecified atom stereocenters. The SMILES string of the molecule is Cc1cc(C)n(-c2ccc(C(=O)N3CC[NH+](Cc4ccc5c(c4)OCO5)CC3)cc2)n1. The molecule has 7 heteroatoms. The van der Waals surface area contributed by atoms with Crippen molar-refractivity contribution in [3.63, 3.8) is 0 Å². The first-order chi connectivity index (χ1) is 15.1. The Balaban J connectivity index is 1.18. The average molecular weight is 420 g/mol. The van der Waals surface area contributed by atoms with Crippen LogP contribution in [0.15, 0.2) is 48.5 Å². The van der Waals surface area contributed by atoms with Gasteiger partial charge in [-0.25, -0.2) is 4.68 Å². The van der Waals surface area contributed by atoms with Gasteiger partial charge in [-0.15, -0.1) is 0 Å². The number of hydrogen-bond donors (Lipinski definition) is 1. The molecular formula is C24H27N4O3+. The minimum absolute atomic E-state index is 0.0991. The van der Waals surface area contributed by atoms with Gasteiger partial charge in [0.15, 0.2) is 11.5 Å². The second-order valence-corrected chi connectivity index (χ2v) is 8.29. The summed E-state index contributed by atoms with van der Waals surface area (Å²) in [6, 6.07) is 15.9. The number of fused-ring (bicyclic) bond motifs is 1. The van der Waals surface area contributed by atoms with Crippen molar-refractivity contribution in [2.75, 3.05) is 33.0 Å². The number of rotatable bonds is 4. The maximum atomic E-state index is 13.0. The average Bonchev–Trinajstić information content (AvgIpc) is 3.39. The van der Waals surface area contributed by atoms with Gasteiger partial charge >= 0.3 is 0 Å². The van der Waals surface area contributed by atoms with Crippen LogP contribution in [0.4, 0.5) is 0 Å². The summed E-state index contributed by atoms with van der Waals surface area (Å²) in [4.78, 5) is 16.4. The number of carbonyl (C=O) groups is 1. The molecule has 3 aromatic rings. The Morgan fingerprint density at radius 1 is 1.00 bits per heavy atom. The lowest BCUT2D eigenvalue weighted by Crippen LogP contribution is -3.13. The molecule has 7 nitrogen and oxygen atoms in total. The lowest BCUT2D eigenvalue weighted by atomic mass is 10.1. The number of nitrogens with one attached hydrogen (secondary N) is 1. The number of aryl methyl sites for hydroxylation is 2. The Labute approximate surface area is 181 Å². The van der Waals surface area contributed by atoms with E-state index in [0.717, 1.165) is 66.9 Å². The summed E-state index contributed by atoms with van der Waals surface area (Å²) in [5.41, 5.74) is 5.00. The van der Waals surface area contributed by atoms with Crippen molar-refractivity contribution < 1.29 is 19.2 Å². The Morgan fingerprint density at radius 2 is 1.74 bits per heavy atom. The number of nitrogens with zero attached hydrogens (tertiary/aromatic N) is 3. The van der Waals surface area contributed by atoms with Gasteiger partial charge < -0.3 is 19.3 Å². The molecule has 2 aliphatic rings. The molecule has 0 aliphatic carbocycles. The zero-order valence-corrected chi connectivity index (χ0v) is 17.9. The second kappa shape index (κ2) is 8.07. The first-order valence-electron chi connectivity index (χ1n) is 10.7. The van der Waals surface area contributed by atoms with Crippen LogP contribution in [-0.4, -0.2) is 53.6 Å². The third kappa shape index (κ3) is 4.01. The zero-order chi connectivity index (χ0) is 21.4. The fourth-order valence-corrected chi connectivity index (χ4v) is 4.36. The molecule has 1 N–H and O–H groups in total. The van der Waals surface area contributed by atoms with Crippen LogP contribution in [0.5, 0.6) is 11.5 Å². The van der Waals surface area contributed by atoms with Crippen LogP contribution >= 0.6 is 0 Å². The zero-order valence-electron chi connectivity index (χ0n) is 17.9. The smallest absolute Gasteiger partial charge is 0.254 e. The summed E-state index contributed by atoms with van der Waals surface area (Å²) in [6.45, 7) is 8.63. The van der Waals surface area contributed by atoms with Crippen molar-refractivity contribution in [3.05, 3.63) is 71.0 Å². The summed E-state index contributed by atoms with van der Waals surface area (Å²) in [5, 5.41) is 4.51. The van der Waals surface area contributed by atoms with Crippen LogP contribution in [0.3, 0.4) is 0 Å². The van der Waals surface area contributed by atoms with Gasteiger partial charge in [0, 0.05) is 16.8 Å². The summed E-state index contributed by atoms with van der Waals surface area (Å²) in [5.74, 6) is 1.75. The van der Waals surface area contributed by atoms with E-state index < -0.39 is 0 Å². The second-order valence-electron chi connectivity index (χ2n) is 8.29. The molecule has 1 aromatic heterocycles. The van der Waals surface area contributed by atoms with Gasteiger partial charge in [-0.1, -0.05) is 0 Å². The van der Waals surface area contributed by atoms with E-state index >= 15 is 0 Å². The molecule has 1 saturated heterocycles. The Bertz CT molecular complexity index is 1100. The van der Waals surface area contributed by atoms with Crippen molar-refractivity contribution in [1.82, 2.24) is 14.7 Å². The largest absolute Gasteiger partial charge is 0.454 e. The first-order valence-corrected chi connectivity index (χ1v) is 10.7. The van der Waals surface area contributed by atoms with Crippen LogP contribution in [0, 0.1) is 13.8 Å². The van der Waals surface area contributed by atoms with Crippen LogP contribution in [0.2, 0.25) is 0 Å². The molecule has 0 spiro atoms. The number of hydrogen-bond acceptors (Lipinski definition) is 4. The number of amides is 1. The van der Waals surface area contributed by atoms with E-state index in [9.17, 15) is 4.79 Å². The molecule has 1 amide bonds. The van der Waals surface area contributed by atoms with Gasteiger partial charge in [-0.2, -0.15) is 5.10 Å². The minimum Gasteiger partial charge on any atom is -0.454 e. The lowest BCUT2D eigenvalue weighted by Gasteiger charge is -2.32. The molecule has 0 radical (unpaired) electrons. The highest BCUT2D eigenvalue weighted by Gasteiger charge is 2.25. The third-order valence-corrected chi connectivity index (χ3v) is 6.02. The summed E-state index contributed by atoms with van der Waals surface area (Å²) in [6.07, 6.45) is 0. The van der Waals surface area contributed by atoms with Crippen molar-refractivity contribution in [2.24, 2.45) is 0 Å². The molecular weight excluding hydrogens is 392 g/mol. The quantitative estimate of drug-likeness (QED) is 0.700. The molecule has 2 aliphatic heterocycles. The maximum absolute atomic E-state index is 13.0. The van der Waals surface area contributed by atoms with Gasteiger partial charge in [0.1, 0.15) is 6.54 Å². The predicted molar refractivity (Wildman–Crippen MR) is 116 cm³/mol. The van der Waals surface area contributed by atoms with Crippen LogP contribution in [-0.2, 0) is 6.54 Å². The van der Waals surface area contributed by atoms with E-state index in [4.69, 9.17) is 9.47 Å². The Hall–Kier alpha value is -3.32. The Kier molecular flexibility index (Phi) is 5.11. The number of carbonyl (C=O) groups excluding carboxylic acids is 1. The summed E-state index contributed by atoms with van der Waals surface area (Å²) in [7, 11) is 0. The van der Waals surface area contributed by atoms with Gasteiger partial charge in [0.05, 0.1) is 37.6 Å². The van der Waals surface area contributed by atoms with E-state index in [1.807, 2.05) is 59.8 Å². The highest BCUT2D eigenvalue weighted by atomic mass is 16.7. The molecule has 160 valence electrons. The van der Waals surface area contributed by atoms with Crippen molar-refractivity contribution >= 4 is 5.91 Å². The van der Waals surface area contributed by atoms with Crippen molar-refractivity contribution in [2.45, 2.75) is 20.4 Å². The van der Waals surface area contributed by atoms with Crippen molar-refractivity contribution in [1.29, 1.82) is 0 Å². The standard InChI is InChI=1S/C24H26N4O3/c1-17-13-18(2)28(25-17)21-6-4-20(5-7-21)24(29)27-11-9-26(10-12-27)15-19-3-8-22-23(14-19)31-16-30-22/h3-8,13-14H,9-12,15-16H2,1-2H3/p+1.